The SMILES string of the molecule is Brc1cnc2c(c1)nc(/C=C/c1cccs1)n2Cc1ccccc1. The van der Waals surface area contributed by atoms with Gasteiger partial charge in [-0.15, -0.1) is 11.3 Å². The van der Waals surface area contributed by atoms with E-state index in [4.69, 9.17) is 4.98 Å². The highest BCUT2D eigenvalue weighted by Crippen LogP contribution is 2.22. The van der Waals surface area contributed by atoms with Crippen molar-refractivity contribution in [2.75, 3.05) is 0 Å². The van der Waals surface area contributed by atoms with E-state index in [0.29, 0.717) is 0 Å². The highest BCUT2D eigenvalue weighted by Gasteiger charge is 2.11. The van der Waals surface area contributed by atoms with Crippen LogP contribution in [0.2, 0.25) is 0 Å². The lowest BCUT2D eigenvalue weighted by Crippen LogP contribution is -2.03. The van der Waals surface area contributed by atoms with Gasteiger partial charge in [0, 0.05) is 15.5 Å². The Kier molecular flexibility index (Phi) is 4.28. The van der Waals surface area contributed by atoms with Crippen LogP contribution in [0.1, 0.15) is 16.3 Å². The average molecular weight is 396 g/mol. The molecule has 0 N–H and O–H groups in total. The zero-order valence-corrected chi connectivity index (χ0v) is 15.2. The topological polar surface area (TPSA) is 30.7 Å². The zero-order valence-electron chi connectivity index (χ0n) is 12.8. The first kappa shape index (κ1) is 15.3. The summed E-state index contributed by atoms with van der Waals surface area (Å²) in [5.74, 6) is 0.910. The fourth-order valence-corrected chi connectivity index (χ4v) is 3.53. The molecule has 0 aliphatic heterocycles. The number of imidazole rings is 1. The Morgan fingerprint density at radius 2 is 1.96 bits per heavy atom. The van der Waals surface area contributed by atoms with Gasteiger partial charge in [0.15, 0.2) is 5.65 Å². The second-order valence-corrected chi connectivity index (χ2v) is 7.28. The molecule has 0 amide bonds. The summed E-state index contributed by atoms with van der Waals surface area (Å²) in [4.78, 5) is 10.5. The lowest BCUT2D eigenvalue weighted by atomic mass is 10.2. The summed E-state index contributed by atoms with van der Waals surface area (Å²) >= 11 is 5.19. The van der Waals surface area contributed by atoms with Crippen molar-refractivity contribution in [2.24, 2.45) is 0 Å². The van der Waals surface area contributed by atoms with Crippen LogP contribution in [0.25, 0.3) is 23.3 Å². The van der Waals surface area contributed by atoms with Crippen molar-refractivity contribution in [1.29, 1.82) is 0 Å². The molecular weight excluding hydrogens is 382 g/mol. The molecule has 118 valence electrons. The lowest BCUT2D eigenvalue weighted by molar-refractivity contribution is 0.804. The largest absolute Gasteiger partial charge is 0.305 e. The van der Waals surface area contributed by atoms with Gasteiger partial charge in [-0.1, -0.05) is 36.4 Å². The van der Waals surface area contributed by atoms with Crippen molar-refractivity contribution in [2.45, 2.75) is 6.54 Å². The Labute approximate surface area is 152 Å². The van der Waals surface area contributed by atoms with Gasteiger partial charge in [0.05, 0.1) is 6.54 Å². The average Bonchev–Trinajstić information content (AvgIpc) is 3.22. The number of fused-ring (bicyclic) bond motifs is 1. The molecule has 0 saturated carbocycles. The van der Waals surface area contributed by atoms with Crippen LogP contribution in [0.15, 0.2) is 64.6 Å². The molecule has 1 aromatic carbocycles. The Hall–Kier alpha value is -2.24. The van der Waals surface area contributed by atoms with Gasteiger partial charge in [0.2, 0.25) is 0 Å². The highest BCUT2D eigenvalue weighted by molar-refractivity contribution is 9.10. The predicted octanol–water partition coefficient (Wildman–Crippen LogP) is 5.47. The summed E-state index contributed by atoms with van der Waals surface area (Å²) < 4.78 is 3.09. The van der Waals surface area contributed by atoms with Gasteiger partial charge in [-0.3, -0.25) is 0 Å². The molecule has 4 rings (SSSR count). The Morgan fingerprint density at radius 3 is 2.75 bits per heavy atom. The van der Waals surface area contributed by atoms with Crippen LogP contribution in [-0.2, 0) is 6.54 Å². The van der Waals surface area contributed by atoms with Crippen LogP contribution in [0.3, 0.4) is 0 Å². The van der Waals surface area contributed by atoms with Crippen LogP contribution in [-0.4, -0.2) is 14.5 Å². The van der Waals surface area contributed by atoms with Crippen molar-refractivity contribution in [1.82, 2.24) is 14.5 Å². The van der Waals surface area contributed by atoms with Gasteiger partial charge in [0.25, 0.3) is 0 Å². The van der Waals surface area contributed by atoms with E-state index >= 15 is 0 Å². The lowest BCUT2D eigenvalue weighted by Gasteiger charge is -2.06. The summed E-state index contributed by atoms with van der Waals surface area (Å²) in [6.45, 7) is 0.746. The quantitative estimate of drug-likeness (QED) is 0.458. The van der Waals surface area contributed by atoms with E-state index in [0.717, 1.165) is 28.0 Å². The molecule has 0 bridgehead atoms. The van der Waals surface area contributed by atoms with Gasteiger partial charge in [0.1, 0.15) is 11.3 Å². The van der Waals surface area contributed by atoms with Crippen molar-refractivity contribution >= 4 is 50.6 Å². The monoisotopic (exact) mass is 395 g/mol. The summed E-state index contributed by atoms with van der Waals surface area (Å²) in [6.07, 6.45) is 5.98. The van der Waals surface area contributed by atoms with Gasteiger partial charge in [-0.25, -0.2) is 9.97 Å². The van der Waals surface area contributed by atoms with Gasteiger partial charge < -0.3 is 4.57 Å². The first-order chi connectivity index (χ1) is 11.8. The normalized spacial score (nSPS) is 11.5. The van der Waals surface area contributed by atoms with Crippen LogP contribution in [0.5, 0.6) is 0 Å². The third-order valence-electron chi connectivity index (χ3n) is 3.70. The number of hydrogen-bond acceptors (Lipinski definition) is 3. The standard InChI is InChI=1S/C19H14BrN3S/c20-15-11-17-19(21-12-15)23(13-14-5-2-1-3-6-14)18(22-17)9-8-16-7-4-10-24-16/h1-12H,13H2/b9-8+. The molecule has 0 spiro atoms. The molecule has 0 aliphatic carbocycles. The smallest absolute Gasteiger partial charge is 0.160 e. The van der Waals surface area contributed by atoms with Crippen LogP contribution < -0.4 is 0 Å². The number of thiophene rings is 1. The number of nitrogens with zero attached hydrogens (tertiary/aromatic N) is 3. The highest BCUT2D eigenvalue weighted by atomic mass is 79.9. The van der Waals surface area contributed by atoms with Gasteiger partial charge in [-0.05, 0) is 51.2 Å². The molecule has 0 fully saturated rings. The molecule has 3 heterocycles. The molecule has 0 aliphatic rings. The van der Waals surface area contributed by atoms with Crippen LogP contribution >= 0.6 is 27.3 Å². The Morgan fingerprint density at radius 1 is 1.08 bits per heavy atom. The molecular formula is C19H14BrN3S. The first-order valence-corrected chi connectivity index (χ1v) is 9.24. The third-order valence-corrected chi connectivity index (χ3v) is 4.98. The number of halogens is 1. The minimum atomic E-state index is 0.746. The molecule has 0 atom stereocenters. The van der Waals surface area contributed by atoms with E-state index in [1.807, 2.05) is 18.3 Å². The van der Waals surface area contributed by atoms with Crippen LogP contribution in [0, 0.1) is 0 Å². The minimum absolute atomic E-state index is 0.746. The minimum Gasteiger partial charge on any atom is -0.305 e. The van der Waals surface area contributed by atoms with E-state index in [1.54, 1.807) is 11.3 Å². The third kappa shape index (κ3) is 3.18. The summed E-state index contributed by atoms with van der Waals surface area (Å²) in [6, 6.07) is 16.5. The summed E-state index contributed by atoms with van der Waals surface area (Å²) in [5, 5.41) is 2.07. The van der Waals surface area contributed by atoms with E-state index < -0.39 is 0 Å². The van der Waals surface area contributed by atoms with Crippen molar-refractivity contribution in [3.63, 3.8) is 0 Å². The molecule has 0 saturated heterocycles. The Balaban J connectivity index is 1.80. The molecule has 3 nitrogen and oxygen atoms in total. The van der Waals surface area contributed by atoms with Crippen molar-refractivity contribution in [3.05, 3.63) is 80.8 Å². The van der Waals surface area contributed by atoms with Gasteiger partial charge in [-0.2, -0.15) is 0 Å². The summed E-state index contributed by atoms with van der Waals surface area (Å²) in [5.41, 5.74) is 3.02. The fourth-order valence-electron chi connectivity index (χ4n) is 2.60. The van der Waals surface area contributed by atoms with E-state index in [-0.39, 0.29) is 0 Å². The maximum absolute atomic E-state index is 4.76. The van der Waals surface area contributed by atoms with E-state index in [1.165, 1.54) is 10.4 Å². The first-order valence-electron chi connectivity index (χ1n) is 7.57. The second kappa shape index (κ2) is 6.71. The molecule has 4 aromatic rings. The van der Waals surface area contributed by atoms with Crippen LogP contribution in [0.4, 0.5) is 0 Å². The number of hydrogen-bond donors (Lipinski definition) is 0. The molecule has 0 radical (unpaired) electrons. The van der Waals surface area contributed by atoms with E-state index in [9.17, 15) is 0 Å². The maximum atomic E-state index is 4.76. The zero-order chi connectivity index (χ0) is 16.4. The number of aromatic nitrogens is 3. The fraction of sp³-hybridized carbons (Fsp3) is 0.0526. The Bertz CT molecular complexity index is 988. The van der Waals surface area contributed by atoms with E-state index in [2.05, 4.69) is 79.4 Å². The molecule has 5 heteroatoms. The van der Waals surface area contributed by atoms with Crippen molar-refractivity contribution in [3.8, 4) is 0 Å². The molecule has 24 heavy (non-hydrogen) atoms. The van der Waals surface area contributed by atoms with Gasteiger partial charge >= 0.3 is 0 Å². The predicted molar refractivity (Wildman–Crippen MR) is 104 cm³/mol. The molecule has 3 aromatic heterocycles. The van der Waals surface area contributed by atoms with Crippen molar-refractivity contribution < 1.29 is 0 Å². The number of pyridine rings is 1. The number of benzene rings is 1. The molecule has 0 unspecified atom stereocenters. The summed E-state index contributed by atoms with van der Waals surface area (Å²) in [7, 11) is 0. The maximum Gasteiger partial charge on any atom is 0.160 e. The number of rotatable bonds is 4. The second-order valence-electron chi connectivity index (χ2n) is 5.39.